The van der Waals surface area contributed by atoms with Crippen LogP contribution in [0.4, 0.5) is 5.69 Å². The zero-order valence-electron chi connectivity index (χ0n) is 12.8. The predicted molar refractivity (Wildman–Crippen MR) is 94.3 cm³/mol. The topological polar surface area (TPSA) is 12.0 Å². The van der Waals surface area contributed by atoms with Gasteiger partial charge in [0, 0.05) is 12.2 Å². The van der Waals surface area contributed by atoms with Crippen LogP contribution in [0.5, 0.6) is 0 Å². The van der Waals surface area contributed by atoms with Gasteiger partial charge in [0.15, 0.2) is 0 Å². The summed E-state index contributed by atoms with van der Waals surface area (Å²) in [6.45, 7) is 3.07. The zero-order valence-corrected chi connectivity index (χ0v) is 12.8. The Hall–Kier alpha value is -2.54. The highest BCUT2D eigenvalue weighted by Gasteiger charge is 2.20. The van der Waals surface area contributed by atoms with Crippen LogP contribution in [0, 0.1) is 0 Å². The smallest absolute Gasteiger partial charge is 0.0340 e. The van der Waals surface area contributed by atoms with Gasteiger partial charge in [0.25, 0.3) is 0 Å². The van der Waals surface area contributed by atoms with Gasteiger partial charge in [-0.15, -0.1) is 0 Å². The Labute approximate surface area is 131 Å². The highest BCUT2D eigenvalue weighted by molar-refractivity contribution is 5.84. The molecule has 1 aliphatic rings. The van der Waals surface area contributed by atoms with Crippen molar-refractivity contribution in [3.05, 3.63) is 77.9 Å². The highest BCUT2D eigenvalue weighted by atomic mass is 14.8. The van der Waals surface area contributed by atoms with Crippen LogP contribution >= 0.6 is 0 Å². The van der Waals surface area contributed by atoms with Crippen molar-refractivity contribution in [1.82, 2.24) is 0 Å². The van der Waals surface area contributed by atoms with E-state index in [0.29, 0.717) is 0 Å². The van der Waals surface area contributed by atoms with Crippen LogP contribution in [0.25, 0.3) is 22.3 Å². The third-order valence-corrected chi connectivity index (χ3v) is 4.43. The molecule has 3 aromatic carbocycles. The summed E-state index contributed by atoms with van der Waals surface area (Å²) in [5, 5.41) is 3.35. The average Bonchev–Trinajstić information content (AvgIpc) is 2.95. The van der Waals surface area contributed by atoms with Gasteiger partial charge in [-0.25, -0.2) is 0 Å². The molecule has 0 atom stereocenters. The van der Waals surface area contributed by atoms with E-state index >= 15 is 0 Å². The van der Waals surface area contributed by atoms with Gasteiger partial charge in [-0.05, 0) is 58.9 Å². The molecule has 0 bridgehead atoms. The molecule has 0 saturated heterocycles. The standard InChI is InChI=1S/C21H19N/c1-2-22-17-12-10-15(11-13-17)18-8-5-9-20-19-7-4-3-6-16(19)14-21(18)20/h3-13,22H,2,14H2,1H3. The Bertz CT molecular complexity index is 816. The van der Waals surface area contributed by atoms with Crippen LogP contribution in [0.3, 0.4) is 0 Å². The quantitative estimate of drug-likeness (QED) is 0.534. The third kappa shape index (κ3) is 2.10. The number of nitrogens with one attached hydrogen (secondary N) is 1. The Morgan fingerprint density at radius 1 is 0.773 bits per heavy atom. The summed E-state index contributed by atoms with van der Waals surface area (Å²) in [6.07, 6.45) is 1.04. The van der Waals surface area contributed by atoms with Crippen LogP contribution in [-0.4, -0.2) is 6.54 Å². The summed E-state index contributed by atoms with van der Waals surface area (Å²) in [5.41, 5.74) is 9.52. The van der Waals surface area contributed by atoms with Crippen LogP contribution in [0.2, 0.25) is 0 Å². The molecular weight excluding hydrogens is 266 g/mol. The second-order valence-corrected chi connectivity index (χ2v) is 5.77. The van der Waals surface area contributed by atoms with Crippen molar-refractivity contribution in [2.75, 3.05) is 11.9 Å². The fraction of sp³-hybridized carbons (Fsp3) is 0.143. The monoisotopic (exact) mass is 285 g/mol. The lowest BCUT2D eigenvalue weighted by Crippen LogP contribution is -1.95. The fourth-order valence-electron chi connectivity index (χ4n) is 3.40. The van der Waals surface area contributed by atoms with Crippen molar-refractivity contribution >= 4 is 5.69 Å². The van der Waals surface area contributed by atoms with Crippen molar-refractivity contribution in [1.29, 1.82) is 0 Å². The van der Waals surface area contributed by atoms with Gasteiger partial charge in [0.05, 0.1) is 0 Å². The first-order chi connectivity index (χ1) is 10.9. The molecule has 0 aliphatic heterocycles. The first kappa shape index (κ1) is 13.1. The molecule has 0 amide bonds. The van der Waals surface area contributed by atoms with E-state index in [1.54, 1.807) is 0 Å². The van der Waals surface area contributed by atoms with E-state index in [1.165, 1.54) is 39.1 Å². The molecule has 1 heteroatoms. The minimum Gasteiger partial charge on any atom is -0.385 e. The minimum absolute atomic E-state index is 0.954. The number of hydrogen-bond acceptors (Lipinski definition) is 1. The molecule has 0 fully saturated rings. The maximum absolute atomic E-state index is 3.35. The molecule has 1 N–H and O–H groups in total. The molecule has 0 aromatic heterocycles. The van der Waals surface area contributed by atoms with Gasteiger partial charge in [0.1, 0.15) is 0 Å². The molecule has 0 heterocycles. The molecular formula is C21H19N. The number of fused-ring (bicyclic) bond motifs is 3. The van der Waals surface area contributed by atoms with E-state index in [4.69, 9.17) is 0 Å². The van der Waals surface area contributed by atoms with Crippen LogP contribution in [0.15, 0.2) is 66.7 Å². The SMILES string of the molecule is CCNc1ccc(-c2cccc3c2Cc2ccccc2-3)cc1. The van der Waals surface area contributed by atoms with Gasteiger partial charge < -0.3 is 5.32 Å². The van der Waals surface area contributed by atoms with E-state index in [-0.39, 0.29) is 0 Å². The molecule has 3 aromatic rings. The fourth-order valence-corrected chi connectivity index (χ4v) is 3.40. The third-order valence-electron chi connectivity index (χ3n) is 4.43. The molecule has 108 valence electrons. The van der Waals surface area contributed by atoms with Crippen molar-refractivity contribution in [3.8, 4) is 22.3 Å². The van der Waals surface area contributed by atoms with Gasteiger partial charge in [0.2, 0.25) is 0 Å². The highest BCUT2D eigenvalue weighted by Crippen LogP contribution is 2.41. The maximum atomic E-state index is 3.35. The summed E-state index contributed by atoms with van der Waals surface area (Å²) < 4.78 is 0. The summed E-state index contributed by atoms with van der Waals surface area (Å²) in [7, 11) is 0. The van der Waals surface area contributed by atoms with Crippen molar-refractivity contribution in [3.63, 3.8) is 0 Å². The van der Waals surface area contributed by atoms with Crippen LogP contribution in [-0.2, 0) is 6.42 Å². The summed E-state index contributed by atoms with van der Waals surface area (Å²) in [6, 6.07) is 24.2. The van der Waals surface area contributed by atoms with Crippen molar-refractivity contribution < 1.29 is 0 Å². The van der Waals surface area contributed by atoms with E-state index < -0.39 is 0 Å². The van der Waals surface area contributed by atoms with E-state index in [9.17, 15) is 0 Å². The molecule has 0 spiro atoms. The van der Waals surface area contributed by atoms with Crippen LogP contribution < -0.4 is 5.32 Å². The summed E-state index contributed by atoms with van der Waals surface area (Å²) >= 11 is 0. The largest absolute Gasteiger partial charge is 0.385 e. The lowest BCUT2D eigenvalue weighted by molar-refractivity contribution is 1.21. The first-order valence-electron chi connectivity index (χ1n) is 7.91. The van der Waals surface area contributed by atoms with Gasteiger partial charge in [-0.1, -0.05) is 54.6 Å². The van der Waals surface area contributed by atoms with Gasteiger partial charge in [-0.2, -0.15) is 0 Å². The number of benzene rings is 3. The molecule has 0 saturated carbocycles. The van der Waals surface area contributed by atoms with Crippen LogP contribution in [0.1, 0.15) is 18.1 Å². The van der Waals surface area contributed by atoms with Crippen molar-refractivity contribution in [2.24, 2.45) is 0 Å². The summed E-state index contributed by atoms with van der Waals surface area (Å²) in [4.78, 5) is 0. The zero-order chi connectivity index (χ0) is 14.9. The summed E-state index contributed by atoms with van der Waals surface area (Å²) in [5.74, 6) is 0. The van der Waals surface area contributed by atoms with E-state index in [2.05, 4.69) is 79.0 Å². The number of anilines is 1. The molecule has 1 nitrogen and oxygen atoms in total. The Morgan fingerprint density at radius 3 is 2.32 bits per heavy atom. The Balaban J connectivity index is 1.79. The van der Waals surface area contributed by atoms with Gasteiger partial charge >= 0.3 is 0 Å². The molecule has 22 heavy (non-hydrogen) atoms. The number of hydrogen-bond donors (Lipinski definition) is 1. The molecule has 0 radical (unpaired) electrons. The lowest BCUT2D eigenvalue weighted by atomic mass is 9.95. The minimum atomic E-state index is 0.954. The van der Waals surface area contributed by atoms with E-state index in [0.717, 1.165) is 13.0 Å². The second-order valence-electron chi connectivity index (χ2n) is 5.77. The molecule has 0 unspecified atom stereocenters. The number of rotatable bonds is 3. The second kappa shape index (κ2) is 5.34. The Kier molecular flexibility index (Phi) is 3.19. The van der Waals surface area contributed by atoms with E-state index in [1.807, 2.05) is 0 Å². The average molecular weight is 285 g/mol. The predicted octanol–water partition coefficient (Wildman–Crippen LogP) is 5.36. The van der Waals surface area contributed by atoms with Gasteiger partial charge in [-0.3, -0.25) is 0 Å². The molecule has 4 rings (SSSR count). The normalized spacial score (nSPS) is 11.9. The van der Waals surface area contributed by atoms with Crippen molar-refractivity contribution in [2.45, 2.75) is 13.3 Å². The molecule has 1 aliphatic carbocycles. The maximum Gasteiger partial charge on any atom is 0.0340 e. The first-order valence-corrected chi connectivity index (χ1v) is 7.91. The Morgan fingerprint density at radius 2 is 1.50 bits per heavy atom. The lowest BCUT2D eigenvalue weighted by Gasteiger charge is -2.10.